The summed E-state index contributed by atoms with van der Waals surface area (Å²) < 4.78 is 1.57. The van der Waals surface area contributed by atoms with Crippen LogP contribution >= 0.6 is 11.8 Å². The van der Waals surface area contributed by atoms with Crippen molar-refractivity contribution in [2.45, 2.75) is 11.7 Å². The number of aliphatic hydroxyl groups excluding tert-OH is 1. The van der Waals surface area contributed by atoms with Gasteiger partial charge in [0.2, 0.25) is 11.9 Å². The smallest absolute Gasteiger partial charge is 0.280 e. The van der Waals surface area contributed by atoms with E-state index in [2.05, 4.69) is 20.3 Å². The first-order valence-electron chi connectivity index (χ1n) is 8.46. The summed E-state index contributed by atoms with van der Waals surface area (Å²) in [4.78, 5) is 37.0. The number of imidazole rings is 1. The van der Waals surface area contributed by atoms with E-state index in [1.54, 1.807) is 4.57 Å². The Kier molecular flexibility index (Phi) is 5.85. The summed E-state index contributed by atoms with van der Waals surface area (Å²) in [5.41, 5.74) is 7.23. The molecule has 0 aliphatic rings. The van der Waals surface area contributed by atoms with E-state index in [9.17, 15) is 14.7 Å². The van der Waals surface area contributed by atoms with Crippen molar-refractivity contribution in [3.05, 3.63) is 34.6 Å². The lowest BCUT2D eigenvalue weighted by Gasteiger charge is -2.13. The molecule has 2 aromatic heterocycles. The Morgan fingerprint density at radius 2 is 2.04 bits per heavy atom. The van der Waals surface area contributed by atoms with E-state index >= 15 is 0 Å². The molecule has 10 nitrogen and oxygen atoms in total. The van der Waals surface area contributed by atoms with Crippen LogP contribution in [0.5, 0.6) is 0 Å². The maximum Gasteiger partial charge on any atom is 0.280 e. The zero-order valence-corrected chi connectivity index (χ0v) is 16.3. The summed E-state index contributed by atoms with van der Waals surface area (Å²) in [5.74, 6) is -0.170. The lowest BCUT2D eigenvalue weighted by molar-refractivity contribution is -0.113. The second kappa shape index (κ2) is 8.31. The van der Waals surface area contributed by atoms with Crippen LogP contribution in [0.1, 0.15) is 0 Å². The quantitative estimate of drug-likeness (QED) is 0.418. The van der Waals surface area contributed by atoms with E-state index in [0.29, 0.717) is 10.8 Å². The first-order valence-corrected chi connectivity index (χ1v) is 9.44. The fraction of sp³-hybridized carbons (Fsp3) is 0.294. The topological polar surface area (TPSA) is 142 Å². The van der Waals surface area contributed by atoms with Gasteiger partial charge in [-0.1, -0.05) is 11.8 Å². The van der Waals surface area contributed by atoms with E-state index in [1.807, 2.05) is 43.3 Å². The fourth-order valence-electron chi connectivity index (χ4n) is 2.59. The number of carbonyl (C=O) groups is 1. The number of aliphatic hydroxyl groups is 1. The van der Waals surface area contributed by atoms with Crippen molar-refractivity contribution in [2.24, 2.45) is 0 Å². The van der Waals surface area contributed by atoms with Gasteiger partial charge < -0.3 is 25.6 Å². The number of anilines is 3. The number of hydrogen-bond acceptors (Lipinski definition) is 8. The maximum atomic E-state index is 12.3. The average molecular weight is 403 g/mol. The molecule has 1 amide bonds. The van der Waals surface area contributed by atoms with E-state index in [4.69, 9.17) is 5.73 Å². The molecule has 3 rings (SSSR count). The zero-order chi connectivity index (χ0) is 20.3. The second-order valence-electron chi connectivity index (χ2n) is 6.17. The molecule has 148 valence electrons. The highest BCUT2D eigenvalue weighted by Crippen LogP contribution is 2.22. The molecule has 0 bridgehead atoms. The number of nitrogen functional groups attached to an aromatic ring is 1. The molecular formula is C17H21N7O3S. The van der Waals surface area contributed by atoms with E-state index in [1.165, 1.54) is 0 Å². The molecule has 1 aromatic carbocycles. The van der Waals surface area contributed by atoms with E-state index in [0.717, 1.165) is 17.4 Å². The molecule has 2 heterocycles. The van der Waals surface area contributed by atoms with Crippen LogP contribution in [0.3, 0.4) is 0 Å². The minimum Gasteiger partial charge on any atom is -0.395 e. The zero-order valence-electron chi connectivity index (χ0n) is 15.5. The maximum absolute atomic E-state index is 12.3. The molecule has 0 unspecified atom stereocenters. The Labute approximate surface area is 164 Å². The molecule has 0 saturated heterocycles. The number of fused-ring (bicyclic) bond motifs is 1. The highest BCUT2D eigenvalue weighted by Gasteiger charge is 2.17. The van der Waals surface area contributed by atoms with Crippen molar-refractivity contribution in [1.29, 1.82) is 0 Å². The largest absolute Gasteiger partial charge is 0.395 e. The number of nitrogens with zero attached hydrogens (tertiary/aromatic N) is 4. The van der Waals surface area contributed by atoms with Crippen molar-refractivity contribution in [3.8, 4) is 0 Å². The number of H-pyrrole nitrogens is 1. The number of hydrogen-bond donors (Lipinski definition) is 4. The normalized spacial score (nSPS) is 11.0. The Morgan fingerprint density at radius 1 is 1.32 bits per heavy atom. The number of amides is 1. The van der Waals surface area contributed by atoms with E-state index < -0.39 is 5.56 Å². The number of carbonyl (C=O) groups excluding carboxylic acids is 1. The third-order valence-electron chi connectivity index (χ3n) is 3.91. The molecule has 0 saturated carbocycles. The summed E-state index contributed by atoms with van der Waals surface area (Å²) in [5, 5.41) is 12.5. The predicted molar refractivity (Wildman–Crippen MR) is 110 cm³/mol. The van der Waals surface area contributed by atoms with Crippen LogP contribution < -0.4 is 21.5 Å². The highest BCUT2D eigenvalue weighted by molar-refractivity contribution is 7.99. The molecule has 0 radical (unpaired) electrons. The number of aromatic nitrogens is 4. The summed E-state index contributed by atoms with van der Waals surface area (Å²) in [7, 11) is 3.88. The van der Waals surface area contributed by atoms with Gasteiger partial charge in [0, 0.05) is 32.0 Å². The van der Waals surface area contributed by atoms with Crippen LogP contribution in [0.15, 0.2) is 34.2 Å². The van der Waals surface area contributed by atoms with Crippen molar-refractivity contribution < 1.29 is 9.90 Å². The minimum absolute atomic E-state index is 0.0351. The SMILES string of the molecule is CN(C)c1ccc(NC(=O)CSc2nc3c(=O)[nH]c(N)nc3n2CCO)cc1. The van der Waals surface area contributed by atoms with Gasteiger partial charge in [-0.3, -0.25) is 14.6 Å². The summed E-state index contributed by atoms with van der Waals surface area (Å²) in [6.45, 7) is 0.0141. The third kappa shape index (κ3) is 4.26. The van der Waals surface area contributed by atoms with Crippen molar-refractivity contribution in [3.63, 3.8) is 0 Å². The number of benzene rings is 1. The van der Waals surface area contributed by atoms with Gasteiger partial charge in [0.05, 0.1) is 12.4 Å². The predicted octanol–water partition coefficient (Wildman–Crippen LogP) is 0.491. The number of nitrogens with two attached hydrogens (primary N) is 1. The van der Waals surface area contributed by atoms with Crippen LogP contribution in [-0.4, -0.2) is 57.0 Å². The fourth-order valence-corrected chi connectivity index (χ4v) is 3.41. The molecule has 11 heteroatoms. The van der Waals surface area contributed by atoms with Gasteiger partial charge in [-0.15, -0.1) is 0 Å². The summed E-state index contributed by atoms with van der Waals surface area (Å²) in [6, 6.07) is 7.47. The van der Waals surface area contributed by atoms with Crippen LogP contribution in [-0.2, 0) is 11.3 Å². The van der Waals surface area contributed by atoms with Crippen LogP contribution in [0.2, 0.25) is 0 Å². The lowest BCUT2D eigenvalue weighted by atomic mass is 10.2. The molecule has 28 heavy (non-hydrogen) atoms. The highest BCUT2D eigenvalue weighted by atomic mass is 32.2. The first-order chi connectivity index (χ1) is 13.4. The minimum atomic E-state index is -0.466. The number of aromatic amines is 1. The van der Waals surface area contributed by atoms with E-state index in [-0.39, 0.29) is 41.9 Å². The van der Waals surface area contributed by atoms with Gasteiger partial charge in [0.25, 0.3) is 5.56 Å². The van der Waals surface area contributed by atoms with Gasteiger partial charge in [0.15, 0.2) is 16.3 Å². The van der Waals surface area contributed by atoms with Crippen molar-refractivity contribution in [1.82, 2.24) is 19.5 Å². The van der Waals surface area contributed by atoms with Crippen LogP contribution in [0.25, 0.3) is 11.2 Å². The molecule has 0 atom stereocenters. The number of rotatable bonds is 7. The van der Waals surface area contributed by atoms with Crippen LogP contribution in [0.4, 0.5) is 17.3 Å². The molecule has 3 aromatic rings. The second-order valence-corrected chi connectivity index (χ2v) is 7.11. The standard InChI is InChI=1S/C17H21N7O3S/c1-23(2)11-5-3-10(4-6-11)19-12(26)9-28-17-20-13-14(24(17)7-8-25)21-16(18)22-15(13)27/h3-6,25H,7-9H2,1-2H3,(H,19,26)(H3,18,21,22,27). The number of thioether (sulfide) groups is 1. The van der Waals surface area contributed by atoms with Crippen LogP contribution in [0, 0.1) is 0 Å². The Balaban J connectivity index is 1.73. The molecular weight excluding hydrogens is 382 g/mol. The summed E-state index contributed by atoms with van der Waals surface area (Å²) in [6.07, 6.45) is 0. The van der Waals surface area contributed by atoms with Crippen molar-refractivity contribution >= 4 is 46.2 Å². The Morgan fingerprint density at radius 3 is 2.68 bits per heavy atom. The van der Waals surface area contributed by atoms with Crippen molar-refractivity contribution in [2.75, 3.05) is 42.4 Å². The third-order valence-corrected chi connectivity index (χ3v) is 4.89. The summed E-state index contributed by atoms with van der Waals surface area (Å²) >= 11 is 1.15. The molecule has 0 aliphatic carbocycles. The Hall–Kier alpha value is -3.05. The molecule has 0 fully saturated rings. The molecule has 0 spiro atoms. The molecule has 0 aliphatic heterocycles. The van der Waals surface area contributed by atoms with Gasteiger partial charge in [-0.2, -0.15) is 4.98 Å². The lowest BCUT2D eigenvalue weighted by Crippen LogP contribution is -2.15. The van der Waals surface area contributed by atoms with Gasteiger partial charge in [-0.05, 0) is 24.3 Å². The van der Waals surface area contributed by atoms with Gasteiger partial charge >= 0.3 is 0 Å². The average Bonchev–Trinajstić information content (AvgIpc) is 2.99. The van der Waals surface area contributed by atoms with Gasteiger partial charge in [0.1, 0.15) is 0 Å². The van der Waals surface area contributed by atoms with Gasteiger partial charge in [-0.25, -0.2) is 4.98 Å². The first kappa shape index (κ1) is 19.7. The number of nitrogens with one attached hydrogen (secondary N) is 2. The monoisotopic (exact) mass is 403 g/mol. The Bertz CT molecular complexity index is 1040. The molecule has 5 N–H and O–H groups in total.